The molecule has 2 atom stereocenters. The van der Waals surface area contributed by atoms with Gasteiger partial charge in [-0.3, -0.25) is 0 Å². The van der Waals surface area contributed by atoms with E-state index in [4.69, 9.17) is 5.11 Å². The number of nitrogens with zero attached hydrogens (tertiary/aromatic N) is 1. The highest BCUT2D eigenvalue weighted by molar-refractivity contribution is 5.09. The summed E-state index contributed by atoms with van der Waals surface area (Å²) in [6, 6.07) is 0. The Morgan fingerprint density at radius 3 is 2.43 bits per heavy atom. The molecule has 2 aliphatic rings. The number of aliphatic hydroxyl groups excluding tert-OH is 2. The number of fused-ring (bicyclic) bond motifs is 1. The number of likely N-dealkylation sites (tertiary alicyclic amines) is 1. The van der Waals surface area contributed by atoms with E-state index < -0.39 is 0 Å². The van der Waals surface area contributed by atoms with Gasteiger partial charge in [0.25, 0.3) is 0 Å². The van der Waals surface area contributed by atoms with Gasteiger partial charge in [-0.15, -0.1) is 0 Å². The quantitative estimate of drug-likeness (QED) is 0.694. The van der Waals surface area contributed by atoms with Crippen molar-refractivity contribution in [3.63, 3.8) is 0 Å². The molecule has 1 saturated carbocycles. The van der Waals surface area contributed by atoms with Crippen molar-refractivity contribution in [3.05, 3.63) is 0 Å². The summed E-state index contributed by atoms with van der Waals surface area (Å²) >= 11 is 0. The molecule has 1 aliphatic carbocycles. The highest BCUT2D eigenvalue weighted by Crippen LogP contribution is 2.58. The van der Waals surface area contributed by atoms with E-state index >= 15 is 0 Å². The molecular formula is C11H21NO2. The molecule has 1 heterocycles. The molecule has 3 nitrogen and oxygen atoms in total. The molecule has 0 aromatic heterocycles. The molecule has 3 heteroatoms. The predicted octanol–water partition coefficient (Wildman–Crippen LogP) is 0.463. The van der Waals surface area contributed by atoms with Crippen molar-refractivity contribution >= 4 is 0 Å². The van der Waals surface area contributed by atoms with Gasteiger partial charge in [0.15, 0.2) is 0 Å². The minimum Gasteiger partial charge on any atom is -0.396 e. The molecular weight excluding hydrogens is 178 g/mol. The van der Waals surface area contributed by atoms with Crippen LogP contribution in [0.5, 0.6) is 0 Å². The second-order valence-electron chi connectivity index (χ2n) is 5.22. The van der Waals surface area contributed by atoms with E-state index in [-0.39, 0.29) is 24.0 Å². The van der Waals surface area contributed by atoms with Crippen molar-refractivity contribution in [2.75, 3.05) is 33.4 Å². The molecule has 0 aromatic carbocycles. The lowest BCUT2D eigenvalue weighted by atomic mass is 9.67. The van der Waals surface area contributed by atoms with E-state index in [9.17, 15) is 5.11 Å². The highest BCUT2D eigenvalue weighted by atomic mass is 16.3. The van der Waals surface area contributed by atoms with Crippen molar-refractivity contribution < 1.29 is 10.2 Å². The van der Waals surface area contributed by atoms with Crippen LogP contribution < -0.4 is 0 Å². The van der Waals surface area contributed by atoms with Crippen LogP contribution in [-0.4, -0.2) is 48.5 Å². The van der Waals surface area contributed by atoms with Crippen LogP contribution >= 0.6 is 0 Å². The number of hydrogen-bond donors (Lipinski definition) is 2. The largest absolute Gasteiger partial charge is 0.396 e. The van der Waals surface area contributed by atoms with E-state index in [0.717, 1.165) is 25.9 Å². The average Bonchev–Trinajstić information content (AvgIpc) is 2.56. The molecule has 1 aliphatic heterocycles. The van der Waals surface area contributed by atoms with Gasteiger partial charge in [0.1, 0.15) is 0 Å². The first-order valence-electron chi connectivity index (χ1n) is 5.58. The van der Waals surface area contributed by atoms with E-state index in [1.807, 2.05) is 0 Å². The first-order valence-corrected chi connectivity index (χ1v) is 5.58. The number of rotatable bonds is 3. The number of hydrogen-bond acceptors (Lipinski definition) is 3. The Kier molecular flexibility index (Phi) is 2.58. The Morgan fingerprint density at radius 1 is 1.14 bits per heavy atom. The van der Waals surface area contributed by atoms with Crippen LogP contribution in [-0.2, 0) is 0 Å². The number of aliphatic hydroxyl groups is 2. The second kappa shape index (κ2) is 3.47. The van der Waals surface area contributed by atoms with Crippen LogP contribution in [0, 0.1) is 10.8 Å². The van der Waals surface area contributed by atoms with Gasteiger partial charge in [0.2, 0.25) is 0 Å². The van der Waals surface area contributed by atoms with E-state index in [0.29, 0.717) is 0 Å². The molecule has 0 radical (unpaired) electrons. The maximum Gasteiger partial charge on any atom is 0.0505 e. The van der Waals surface area contributed by atoms with Crippen LogP contribution in [0.4, 0.5) is 0 Å². The highest BCUT2D eigenvalue weighted by Gasteiger charge is 2.58. The molecule has 82 valence electrons. The van der Waals surface area contributed by atoms with E-state index in [1.54, 1.807) is 0 Å². The SMILES string of the molecule is CN1CC2(CO)CCCC2(CCO)C1. The van der Waals surface area contributed by atoms with Crippen LogP contribution in [0.1, 0.15) is 25.7 Å². The Labute approximate surface area is 85.7 Å². The van der Waals surface area contributed by atoms with Gasteiger partial charge in [0.05, 0.1) is 6.61 Å². The Hall–Kier alpha value is -0.120. The summed E-state index contributed by atoms with van der Waals surface area (Å²) in [5.74, 6) is 0. The van der Waals surface area contributed by atoms with Crippen LogP contribution in [0.3, 0.4) is 0 Å². The normalized spacial score (nSPS) is 43.1. The summed E-state index contributed by atoms with van der Waals surface area (Å²) < 4.78 is 0. The summed E-state index contributed by atoms with van der Waals surface area (Å²) in [5, 5.41) is 18.8. The van der Waals surface area contributed by atoms with Gasteiger partial charge in [-0.2, -0.15) is 0 Å². The molecule has 0 spiro atoms. The Bertz CT molecular complexity index is 221. The molecule has 0 bridgehead atoms. The lowest BCUT2D eigenvalue weighted by Crippen LogP contribution is -2.40. The maximum atomic E-state index is 9.63. The average molecular weight is 199 g/mol. The van der Waals surface area contributed by atoms with Crippen LogP contribution in [0.25, 0.3) is 0 Å². The van der Waals surface area contributed by atoms with Gasteiger partial charge in [-0.1, -0.05) is 6.42 Å². The molecule has 2 fully saturated rings. The first kappa shape index (κ1) is 10.4. The van der Waals surface area contributed by atoms with E-state index in [1.165, 1.54) is 12.8 Å². The zero-order chi connectivity index (χ0) is 10.2. The summed E-state index contributed by atoms with van der Waals surface area (Å²) in [4.78, 5) is 2.31. The van der Waals surface area contributed by atoms with Crippen molar-refractivity contribution in [2.45, 2.75) is 25.7 Å². The van der Waals surface area contributed by atoms with E-state index in [2.05, 4.69) is 11.9 Å². The fraction of sp³-hybridized carbons (Fsp3) is 1.00. The minimum atomic E-state index is 0.0878. The zero-order valence-corrected chi connectivity index (χ0v) is 9.00. The molecule has 0 aromatic rings. The van der Waals surface area contributed by atoms with Crippen LogP contribution in [0.15, 0.2) is 0 Å². The molecule has 2 rings (SSSR count). The lowest BCUT2D eigenvalue weighted by molar-refractivity contribution is 0.0346. The molecule has 1 saturated heterocycles. The Balaban J connectivity index is 2.26. The van der Waals surface area contributed by atoms with Crippen molar-refractivity contribution in [3.8, 4) is 0 Å². The third-order valence-corrected chi connectivity index (χ3v) is 4.47. The van der Waals surface area contributed by atoms with Gasteiger partial charge in [-0.25, -0.2) is 0 Å². The predicted molar refractivity (Wildman–Crippen MR) is 55.0 cm³/mol. The topological polar surface area (TPSA) is 43.7 Å². The van der Waals surface area contributed by atoms with Gasteiger partial charge in [-0.05, 0) is 31.7 Å². The first-order chi connectivity index (χ1) is 6.68. The fourth-order valence-electron chi connectivity index (χ4n) is 3.86. The third-order valence-electron chi connectivity index (χ3n) is 4.47. The smallest absolute Gasteiger partial charge is 0.0505 e. The summed E-state index contributed by atoms with van der Waals surface area (Å²) in [6.45, 7) is 2.60. The molecule has 2 N–H and O–H groups in total. The van der Waals surface area contributed by atoms with Crippen LogP contribution in [0.2, 0.25) is 0 Å². The lowest BCUT2D eigenvalue weighted by Gasteiger charge is -2.38. The second-order valence-corrected chi connectivity index (χ2v) is 5.22. The maximum absolute atomic E-state index is 9.63. The van der Waals surface area contributed by atoms with Gasteiger partial charge < -0.3 is 15.1 Å². The van der Waals surface area contributed by atoms with Crippen molar-refractivity contribution in [1.29, 1.82) is 0 Å². The Morgan fingerprint density at radius 2 is 1.79 bits per heavy atom. The standard InChI is InChI=1S/C11H21NO2/c1-12-7-10(5-6-13)3-2-4-11(10,8-12)9-14/h13-14H,2-9H2,1H3. The summed E-state index contributed by atoms with van der Waals surface area (Å²) in [7, 11) is 2.12. The molecule has 2 unspecified atom stereocenters. The van der Waals surface area contributed by atoms with Gasteiger partial charge >= 0.3 is 0 Å². The third kappa shape index (κ3) is 1.23. The fourth-order valence-corrected chi connectivity index (χ4v) is 3.86. The zero-order valence-electron chi connectivity index (χ0n) is 9.00. The molecule has 14 heavy (non-hydrogen) atoms. The van der Waals surface area contributed by atoms with Crippen molar-refractivity contribution in [1.82, 2.24) is 4.90 Å². The molecule has 0 amide bonds. The van der Waals surface area contributed by atoms with Crippen molar-refractivity contribution in [2.24, 2.45) is 10.8 Å². The summed E-state index contributed by atoms with van der Waals surface area (Å²) in [5.41, 5.74) is 0.287. The monoisotopic (exact) mass is 199 g/mol. The minimum absolute atomic E-state index is 0.0878. The van der Waals surface area contributed by atoms with Gasteiger partial charge in [0, 0.05) is 25.1 Å². The summed E-state index contributed by atoms with van der Waals surface area (Å²) in [6.07, 6.45) is 4.39.